The van der Waals surface area contributed by atoms with Crippen LogP contribution in [0.2, 0.25) is 0 Å². The molecule has 0 aliphatic heterocycles. The van der Waals surface area contributed by atoms with E-state index in [1.165, 1.54) is 24.9 Å². The molecule has 7 heteroatoms. The van der Waals surface area contributed by atoms with Crippen molar-refractivity contribution in [2.75, 3.05) is 7.11 Å². The number of hydrogen-bond donors (Lipinski definition) is 1. The lowest BCUT2D eigenvalue weighted by atomic mass is 9.95. The van der Waals surface area contributed by atoms with Crippen LogP contribution in [0.4, 0.5) is 0 Å². The van der Waals surface area contributed by atoms with Crippen LogP contribution >= 0.6 is 11.3 Å². The molecule has 150 valence electrons. The number of esters is 1. The van der Waals surface area contributed by atoms with Gasteiger partial charge in [-0.1, -0.05) is 37.5 Å². The highest BCUT2D eigenvalue weighted by molar-refractivity contribution is 7.21. The summed E-state index contributed by atoms with van der Waals surface area (Å²) < 4.78 is 7.47. The first-order valence-corrected chi connectivity index (χ1v) is 10.5. The van der Waals surface area contributed by atoms with Crippen molar-refractivity contribution in [2.45, 2.75) is 38.1 Å². The molecule has 2 aromatic heterocycles. The van der Waals surface area contributed by atoms with Gasteiger partial charge in [-0.25, -0.2) is 4.79 Å². The van der Waals surface area contributed by atoms with E-state index in [9.17, 15) is 14.4 Å². The smallest absolute Gasteiger partial charge is 0.350 e. The number of thiophene rings is 1. The van der Waals surface area contributed by atoms with Gasteiger partial charge in [0.25, 0.3) is 11.7 Å². The standard InChI is InChI=1S/C22H22N2O4S/c1-28-22(27)20-18(15-10-5-6-12-17(15)29-20)24-13-7-11-16(24)19(25)21(26)23-14-8-3-2-4-9-14/h5-7,10-14H,2-4,8-9H2,1H3,(H,23,26). The second-order valence-corrected chi connectivity index (χ2v) is 8.22. The summed E-state index contributed by atoms with van der Waals surface area (Å²) in [6.45, 7) is 0. The van der Waals surface area contributed by atoms with Gasteiger partial charge in [-0.3, -0.25) is 9.59 Å². The number of amides is 1. The van der Waals surface area contributed by atoms with E-state index in [1.54, 1.807) is 22.9 Å². The van der Waals surface area contributed by atoms with Gasteiger partial charge in [-0.15, -0.1) is 11.3 Å². The van der Waals surface area contributed by atoms with Gasteiger partial charge in [0, 0.05) is 22.3 Å². The number of ether oxygens (including phenoxy) is 1. The number of fused-ring (bicyclic) bond motifs is 1. The quantitative estimate of drug-likeness (QED) is 0.390. The van der Waals surface area contributed by atoms with E-state index in [0.29, 0.717) is 10.6 Å². The molecule has 1 aromatic carbocycles. The summed E-state index contributed by atoms with van der Waals surface area (Å²) in [5, 5.41) is 3.70. The maximum atomic E-state index is 12.9. The van der Waals surface area contributed by atoms with Crippen LogP contribution < -0.4 is 5.32 Å². The molecule has 6 nitrogen and oxygen atoms in total. The van der Waals surface area contributed by atoms with Crippen LogP contribution in [0.15, 0.2) is 42.6 Å². The summed E-state index contributed by atoms with van der Waals surface area (Å²) in [5.41, 5.74) is 0.795. The molecule has 29 heavy (non-hydrogen) atoms. The number of rotatable bonds is 5. The molecule has 0 saturated heterocycles. The lowest BCUT2D eigenvalue weighted by Crippen LogP contribution is -2.40. The molecule has 1 saturated carbocycles. The highest BCUT2D eigenvalue weighted by Crippen LogP contribution is 2.35. The number of ketones is 1. The molecule has 0 atom stereocenters. The fraction of sp³-hybridized carbons (Fsp3) is 0.318. The predicted octanol–water partition coefficient (Wildman–Crippen LogP) is 4.11. The fourth-order valence-electron chi connectivity index (χ4n) is 3.88. The van der Waals surface area contributed by atoms with E-state index in [0.717, 1.165) is 35.8 Å². The molecule has 0 unspecified atom stereocenters. The van der Waals surface area contributed by atoms with Crippen molar-refractivity contribution in [1.82, 2.24) is 9.88 Å². The Kier molecular flexibility index (Phi) is 5.49. The van der Waals surface area contributed by atoms with E-state index < -0.39 is 17.7 Å². The van der Waals surface area contributed by atoms with E-state index in [-0.39, 0.29) is 11.7 Å². The number of methoxy groups -OCH3 is 1. The zero-order valence-corrected chi connectivity index (χ0v) is 17.0. The predicted molar refractivity (Wildman–Crippen MR) is 112 cm³/mol. The number of nitrogens with zero attached hydrogens (tertiary/aromatic N) is 1. The number of hydrogen-bond acceptors (Lipinski definition) is 5. The van der Waals surface area contributed by atoms with Gasteiger partial charge in [-0.05, 0) is 31.0 Å². The Morgan fingerprint density at radius 2 is 1.83 bits per heavy atom. The molecule has 1 aliphatic rings. The minimum atomic E-state index is -0.605. The van der Waals surface area contributed by atoms with Crippen LogP contribution in [-0.2, 0) is 9.53 Å². The van der Waals surface area contributed by atoms with Crippen molar-refractivity contribution in [3.8, 4) is 5.69 Å². The van der Waals surface area contributed by atoms with E-state index in [4.69, 9.17) is 4.74 Å². The van der Waals surface area contributed by atoms with Crippen LogP contribution in [0, 0.1) is 0 Å². The third-order valence-electron chi connectivity index (χ3n) is 5.31. The second kappa shape index (κ2) is 8.21. The summed E-state index contributed by atoms with van der Waals surface area (Å²) in [6.07, 6.45) is 6.81. The Balaban J connectivity index is 1.72. The molecule has 4 rings (SSSR count). The van der Waals surface area contributed by atoms with Gasteiger partial charge >= 0.3 is 5.97 Å². The molecular weight excluding hydrogens is 388 g/mol. The summed E-state index contributed by atoms with van der Waals surface area (Å²) in [5.74, 6) is -1.68. The van der Waals surface area contributed by atoms with Gasteiger partial charge in [-0.2, -0.15) is 0 Å². The van der Waals surface area contributed by atoms with Gasteiger partial charge in [0.2, 0.25) is 0 Å². The maximum absolute atomic E-state index is 12.9. The second-order valence-electron chi connectivity index (χ2n) is 7.17. The average molecular weight is 410 g/mol. The maximum Gasteiger partial charge on any atom is 0.350 e. The monoisotopic (exact) mass is 410 g/mol. The van der Waals surface area contributed by atoms with Crippen molar-refractivity contribution in [3.05, 3.63) is 53.2 Å². The van der Waals surface area contributed by atoms with Gasteiger partial charge in [0.05, 0.1) is 18.5 Å². The first kappa shape index (κ1) is 19.4. The number of Topliss-reactive ketones (excluding diaryl/α,β-unsaturated/α-hetero) is 1. The summed E-state index contributed by atoms with van der Waals surface area (Å²) in [7, 11) is 1.33. The van der Waals surface area contributed by atoms with Crippen LogP contribution in [0.5, 0.6) is 0 Å². The molecule has 1 aliphatic carbocycles. The molecular formula is C22H22N2O4S. The van der Waals surface area contributed by atoms with E-state index >= 15 is 0 Å². The Morgan fingerprint density at radius 3 is 2.59 bits per heavy atom. The summed E-state index contributed by atoms with van der Waals surface area (Å²) >= 11 is 1.30. The lowest BCUT2D eigenvalue weighted by Gasteiger charge is -2.22. The highest BCUT2D eigenvalue weighted by Gasteiger charge is 2.27. The molecule has 1 N–H and O–H groups in total. The SMILES string of the molecule is COC(=O)c1sc2ccccc2c1-n1cccc1C(=O)C(=O)NC1CCCCC1. The number of carbonyl (C=O) groups excluding carboxylic acids is 3. The van der Waals surface area contributed by atoms with Gasteiger partial charge < -0.3 is 14.6 Å². The van der Waals surface area contributed by atoms with Crippen molar-refractivity contribution in [2.24, 2.45) is 0 Å². The van der Waals surface area contributed by atoms with Crippen LogP contribution in [-0.4, -0.2) is 35.4 Å². The lowest BCUT2D eigenvalue weighted by molar-refractivity contribution is -0.117. The molecule has 0 radical (unpaired) electrons. The minimum Gasteiger partial charge on any atom is -0.465 e. The average Bonchev–Trinajstić information content (AvgIpc) is 3.37. The Hall–Kier alpha value is -2.93. The molecule has 0 bridgehead atoms. The minimum absolute atomic E-state index is 0.0521. The van der Waals surface area contributed by atoms with Gasteiger partial charge in [0.1, 0.15) is 4.88 Å². The third-order valence-corrected chi connectivity index (χ3v) is 6.45. The zero-order chi connectivity index (χ0) is 20.4. The third kappa shape index (κ3) is 3.70. The largest absolute Gasteiger partial charge is 0.465 e. The normalized spacial score (nSPS) is 14.7. The van der Waals surface area contributed by atoms with Crippen molar-refractivity contribution in [3.63, 3.8) is 0 Å². The number of benzene rings is 1. The van der Waals surface area contributed by atoms with Crippen molar-refractivity contribution < 1.29 is 19.1 Å². The Morgan fingerprint density at radius 1 is 1.07 bits per heavy atom. The summed E-state index contributed by atoms with van der Waals surface area (Å²) in [4.78, 5) is 38.3. The van der Waals surface area contributed by atoms with Crippen LogP contribution in [0.25, 0.3) is 15.8 Å². The van der Waals surface area contributed by atoms with Crippen LogP contribution in [0.1, 0.15) is 52.3 Å². The zero-order valence-electron chi connectivity index (χ0n) is 16.1. The van der Waals surface area contributed by atoms with Crippen molar-refractivity contribution >= 4 is 39.1 Å². The first-order chi connectivity index (χ1) is 14.1. The fourth-order valence-corrected chi connectivity index (χ4v) is 4.99. The van der Waals surface area contributed by atoms with Crippen molar-refractivity contribution in [1.29, 1.82) is 0 Å². The number of carbonyl (C=O) groups is 3. The van der Waals surface area contributed by atoms with E-state index in [2.05, 4.69) is 5.32 Å². The molecule has 3 aromatic rings. The molecule has 1 fully saturated rings. The molecule has 1 amide bonds. The Bertz CT molecular complexity index is 1080. The molecule has 0 spiro atoms. The topological polar surface area (TPSA) is 77.4 Å². The van der Waals surface area contributed by atoms with Gasteiger partial charge in [0.15, 0.2) is 0 Å². The summed E-state index contributed by atoms with van der Waals surface area (Å²) in [6, 6.07) is 10.9. The van der Waals surface area contributed by atoms with Crippen LogP contribution in [0.3, 0.4) is 0 Å². The van der Waals surface area contributed by atoms with E-state index in [1.807, 2.05) is 24.3 Å². The number of nitrogens with one attached hydrogen (secondary N) is 1. The first-order valence-electron chi connectivity index (χ1n) is 9.73. The Labute approximate surface area is 172 Å². The molecule has 2 heterocycles. The highest BCUT2D eigenvalue weighted by atomic mass is 32.1. The number of aromatic nitrogens is 1.